The van der Waals surface area contributed by atoms with E-state index >= 15 is 0 Å². The van der Waals surface area contributed by atoms with E-state index in [0.717, 1.165) is 30.7 Å². The van der Waals surface area contributed by atoms with E-state index in [1.165, 1.54) is 12.7 Å². The molecule has 1 saturated heterocycles. The summed E-state index contributed by atoms with van der Waals surface area (Å²) in [6.07, 6.45) is 2.84. The van der Waals surface area contributed by atoms with Crippen molar-refractivity contribution < 1.29 is 0 Å². The fraction of sp³-hybridized carbons (Fsp3) is 0.636. The third kappa shape index (κ3) is 2.37. The number of hydrogen-bond acceptors (Lipinski definition) is 4. The fourth-order valence-corrected chi connectivity index (χ4v) is 2.38. The first-order chi connectivity index (χ1) is 7.15. The predicted octanol–water partition coefficient (Wildman–Crippen LogP) is 1.54. The summed E-state index contributed by atoms with van der Waals surface area (Å²) in [6, 6.07) is 1.85. The van der Waals surface area contributed by atoms with Crippen molar-refractivity contribution in [2.75, 3.05) is 23.7 Å². The van der Waals surface area contributed by atoms with Gasteiger partial charge >= 0.3 is 0 Å². The minimum absolute atomic E-state index is 0.547. The van der Waals surface area contributed by atoms with Crippen molar-refractivity contribution in [3.63, 3.8) is 0 Å². The zero-order valence-electron chi connectivity index (χ0n) is 9.35. The lowest BCUT2D eigenvalue weighted by Gasteiger charge is -2.35. The first-order valence-corrected chi connectivity index (χ1v) is 5.47. The van der Waals surface area contributed by atoms with Gasteiger partial charge < -0.3 is 10.6 Å². The predicted molar refractivity (Wildman–Crippen MR) is 61.6 cm³/mol. The molecule has 2 N–H and O–H groups in total. The Labute approximate surface area is 90.5 Å². The van der Waals surface area contributed by atoms with Crippen LogP contribution in [-0.2, 0) is 0 Å². The molecule has 1 aromatic rings. The van der Waals surface area contributed by atoms with Gasteiger partial charge in [0.2, 0.25) is 0 Å². The number of nitrogens with zero attached hydrogens (tertiary/aromatic N) is 3. The van der Waals surface area contributed by atoms with Crippen LogP contribution in [0.4, 0.5) is 11.6 Å². The molecule has 0 aromatic carbocycles. The monoisotopic (exact) mass is 206 g/mol. The molecular formula is C11H18N4. The maximum absolute atomic E-state index is 5.66. The molecule has 2 rings (SSSR count). The van der Waals surface area contributed by atoms with Crippen LogP contribution in [0.5, 0.6) is 0 Å². The fourth-order valence-electron chi connectivity index (χ4n) is 2.38. The lowest BCUT2D eigenvalue weighted by Crippen LogP contribution is -2.39. The number of nitrogens with two attached hydrogens (primary N) is 1. The highest BCUT2D eigenvalue weighted by Gasteiger charge is 2.22. The van der Waals surface area contributed by atoms with Gasteiger partial charge in [0.05, 0.1) is 0 Å². The smallest absolute Gasteiger partial charge is 0.134 e. The highest BCUT2D eigenvalue weighted by atomic mass is 15.2. The summed E-state index contributed by atoms with van der Waals surface area (Å²) < 4.78 is 0. The van der Waals surface area contributed by atoms with Crippen molar-refractivity contribution in [2.24, 2.45) is 11.8 Å². The van der Waals surface area contributed by atoms with Gasteiger partial charge in [-0.15, -0.1) is 0 Å². The molecule has 0 bridgehead atoms. The van der Waals surface area contributed by atoms with E-state index in [4.69, 9.17) is 5.73 Å². The van der Waals surface area contributed by atoms with Crippen LogP contribution in [0.25, 0.3) is 0 Å². The molecule has 0 amide bonds. The third-order valence-corrected chi connectivity index (χ3v) is 2.87. The minimum atomic E-state index is 0.547. The highest BCUT2D eigenvalue weighted by Crippen LogP contribution is 2.25. The van der Waals surface area contributed by atoms with Gasteiger partial charge in [0, 0.05) is 19.2 Å². The van der Waals surface area contributed by atoms with Gasteiger partial charge in [-0.05, 0) is 18.3 Å². The Balaban J connectivity index is 2.16. The number of rotatable bonds is 1. The van der Waals surface area contributed by atoms with Crippen molar-refractivity contribution in [3.8, 4) is 0 Å². The first-order valence-electron chi connectivity index (χ1n) is 5.47. The Hall–Kier alpha value is -1.32. The van der Waals surface area contributed by atoms with Crippen molar-refractivity contribution in [1.29, 1.82) is 0 Å². The molecule has 4 heteroatoms. The second-order valence-electron chi connectivity index (χ2n) is 4.65. The van der Waals surface area contributed by atoms with Gasteiger partial charge in [0.15, 0.2) is 0 Å². The Morgan fingerprint density at radius 2 is 1.93 bits per heavy atom. The standard InChI is InChI=1S/C11H18N4/c1-8-3-9(2)6-15(5-8)11-4-10(12)13-7-14-11/h4,7-9H,3,5-6H2,1-2H3,(H2,12,13,14). The normalized spacial score (nSPS) is 26.7. The number of piperidine rings is 1. The molecule has 0 aliphatic carbocycles. The van der Waals surface area contributed by atoms with Crippen molar-refractivity contribution in [3.05, 3.63) is 12.4 Å². The Kier molecular flexibility index (Phi) is 2.75. The quantitative estimate of drug-likeness (QED) is 0.757. The van der Waals surface area contributed by atoms with Gasteiger partial charge in [-0.25, -0.2) is 9.97 Å². The van der Waals surface area contributed by atoms with Crippen LogP contribution in [0.15, 0.2) is 12.4 Å². The van der Waals surface area contributed by atoms with E-state index < -0.39 is 0 Å². The van der Waals surface area contributed by atoms with Crippen LogP contribution in [0.1, 0.15) is 20.3 Å². The molecular weight excluding hydrogens is 188 g/mol. The van der Waals surface area contributed by atoms with E-state index in [1.54, 1.807) is 0 Å². The van der Waals surface area contributed by atoms with E-state index in [-0.39, 0.29) is 0 Å². The summed E-state index contributed by atoms with van der Waals surface area (Å²) in [5.41, 5.74) is 5.66. The minimum Gasteiger partial charge on any atom is -0.384 e. The van der Waals surface area contributed by atoms with Crippen LogP contribution in [0, 0.1) is 11.8 Å². The van der Waals surface area contributed by atoms with E-state index in [9.17, 15) is 0 Å². The maximum atomic E-state index is 5.66. The Bertz CT molecular complexity index is 329. The summed E-state index contributed by atoms with van der Waals surface area (Å²) in [4.78, 5) is 10.5. The zero-order valence-corrected chi connectivity index (χ0v) is 9.35. The highest BCUT2D eigenvalue weighted by molar-refractivity contribution is 5.46. The van der Waals surface area contributed by atoms with Crippen LogP contribution in [-0.4, -0.2) is 23.1 Å². The number of nitrogen functional groups attached to an aromatic ring is 1. The molecule has 4 nitrogen and oxygen atoms in total. The molecule has 1 aliphatic rings. The van der Waals surface area contributed by atoms with Crippen LogP contribution in [0.2, 0.25) is 0 Å². The second kappa shape index (κ2) is 4.04. The SMILES string of the molecule is CC1CC(C)CN(c2cc(N)ncn2)C1. The van der Waals surface area contributed by atoms with Gasteiger partial charge in [0.1, 0.15) is 18.0 Å². The molecule has 82 valence electrons. The first kappa shape index (κ1) is 10.2. The summed E-state index contributed by atoms with van der Waals surface area (Å²) in [7, 11) is 0. The van der Waals surface area contributed by atoms with Gasteiger partial charge in [0.25, 0.3) is 0 Å². The summed E-state index contributed by atoms with van der Waals surface area (Å²) in [5.74, 6) is 2.96. The molecule has 0 radical (unpaired) electrons. The van der Waals surface area contributed by atoms with E-state index in [1.807, 2.05) is 6.07 Å². The molecule has 15 heavy (non-hydrogen) atoms. The molecule has 2 atom stereocenters. The summed E-state index contributed by atoms with van der Waals surface area (Å²) in [5, 5.41) is 0. The average Bonchev–Trinajstić information content (AvgIpc) is 2.16. The Morgan fingerprint density at radius 3 is 2.53 bits per heavy atom. The second-order valence-corrected chi connectivity index (χ2v) is 4.65. The van der Waals surface area contributed by atoms with Crippen LogP contribution in [0.3, 0.4) is 0 Å². The Morgan fingerprint density at radius 1 is 1.27 bits per heavy atom. The average molecular weight is 206 g/mol. The summed E-state index contributed by atoms with van der Waals surface area (Å²) in [6.45, 7) is 6.71. The van der Waals surface area contributed by atoms with Gasteiger partial charge in [-0.2, -0.15) is 0 Å². The number of aromatic nitrogens is 2. The molecule has 0 spiro atoms. The topological polar surface area (TPSA) is 55.0 Å². The van der Waals surface area contributed by atoms with Crippen molar-refractivity contribution in [2.45, 2.75) is 20.3 Å². The number of hydrogen-bond donors (Lipinski definition) is 1. The molecule has 1 aliphatic heterocycles. The molecule has 0 saturated carbocycles. The molecule has 1 fully saturated rings. The van der Waals surface area contributed by atoms with Gasteiger partial charge in [-0.3, -0.25) is 0 Å². The maximum Gasteiger partial charge on any atom is 0.134 e. The number of anilines is 2. The van der Waals surface area contributed by atoms with Gasteiger partial charge in [-0.1, -0.05) is 13.8 Å². The molecule has 2 unspecified atom stereocenters. The van der Waals surface area contributed by atoms with Crippen molar-refractivity contribution >= 4 is 11.6 Å². The molecule has 2 heterocycles. The van der Waals surface area contributed by atoms with Crippen LogP contribution < -0.4 is 10.6 Å². The van der Waals surface area contributed by atoms with Crippen LogP contribution >= 0.6 is 0 Å². The van der Waals surface area contributed by atoms with E-state index in [0.29, 0.717) is 5.82 Å². The zero-order chi connectivity index (χ0) is 10.8. The van der Waals surface area contributed by atoms with Crippen molar-refractivity contribution in [1.82, 2.24) is 9.97 Å². The lowest BCUT2D eigenvalue weighted by molar-refractivity contribution is 0.355. The third-order valence-electron chi connectivity index (χ3n) is 2.87. The molecule has 1 aromatic heterocycles. The summed E-state index contributed by atoms with van der Waals surface area (Å²) >= 11 is 0. The van der Waals surface area contributed by atoms with E-state index in [2.05, 4.69) is 28.7 Å². The largest absolute Gasteiger partial charge is 0.384 e. The lowest BCUT2D eigenvalue weighted by atomic mass is 9.92.